The van der Waals surface area contributed by atoms with E-state index in [4.69, 9.17) is 4.74 Å². The number of fused-ring (bicyclic) bond motifs is 1. The van der Waals surface area contributed by atoms with E-state index in [2.05, 4.69) is 10.2 Å². The first-order valence-electron chi connectivity index (χ1n) is 11.0. The molecular formula is C24H29N3O5. The first kappa shape index (κ1) is 22.2. The average Bonchev–Trinajstić information content (AvgIpc) is 2.79. The number of aliphatic hydroxyl groups is 1. The van der Waals surface area contributed by atoms with Crippen LogP contribution in [0.1, 0.15) is 43.7 Å². The molecule has 1 heterocycles. The normalized spacial score (nSPS) is 25.6. The van der Waals surface area contributed by atoms with Gasteiger partial charge in [0.15, 0.2) is 0 Å². The average molecular weight is 440 g/mol. The summed E-state index contributed by atoms with van der Waals surface area (Å²) in [5, 5.41) is 25.1. The second-order valence-electron chi connectivity index (χ2n) is 8.72. The maximum atomic E-state index is 12.9. The zero-order valence-corrected chi connectivity index (χ0v) is 18.2. The van der Waals surface area contributed by atoms with Crippen molar-refractivity contribution in [3.63, 3.8) is 0 Å². The van der Waals surface area contributed by atoms with Crippen molar-refractivity contribution in [1.82, 2.24) is 4.90 Å². The lowest BCUT2D eigenvalue weighted by molar-refractivity contribution is -0.384. The van der Waals surface area contributed by atoms with Crippen LogP contribution < -0.4 is 10.1 Å². The molecule has 8 nitrogen and oxygen atoms in total. The first-order chi connectivity index (χ1) is 15.4. The van der Waals surface area contributed by atoms with E-state index in [1.165, 1.54) is 24.3 Å². The Morgan fingerprint density at radius 3 is 2.69 bits per heavy atom. The van der Waals surface area contributed by atoms with Crippen molar-refractivity contribution in [1.29, 1.82) is 0 Å². The van der Waals surface area contributed by atoms with Crippen molar-refractivity contribution < 1.29 is 19.6 Å². The minimum Gasteiger partial charge on any atom is -0.496 e. The number of nitro benzene ring substituents is 1. The SMILES string of the molecule is COc1ccccc1[C@@H]1[C@@H]2CCCC[C@@]2(O)CCN1CC(=O)Nc1ccc([N+](=O)[O-])cc1. The van der Waals surface area contributed by atoms with Gasteiger partial charge in [-0.1, -0.05) is 31.0 Å². The summed E-state index contributed by atoms with van der Waals surface area (Å²) in [7, 11) is 1.64. The Balaban J connectivity index is 1.57. The Hall–Kier alpha value is -2.97. The maximum Gasteiger partial charge on any atom is 0.269 e. The molecule has 1 saturated carbocycles. The largest absolute Gasteiger partial charge is 0.496 e. The number of methoxy groups -OCH3 is 1. The molecule has 3 atom stereocenters. The predicted molar refractivity (Wildman–Crippen MR) is 121 cm³/mol. The molecule has 2 N–H and O–H groups in total. The number of anilines is 1. The van der Waals surface area contributed by atoms with Crippen LogP contribution >= 0.6 is 0 Å². The lowest BCUT2D eigenvalue weighted by Gasteiger charge is -2.52. The molecule has 2 aromatic carbocycles. The molecule has 2 aliphatic rings. The van der Waals surface area contributed by atoms with E-state index < -0.39 is 10.5 Å². The summed E-state index contributed by atoms with van der Waals surface area (Å²) in [6.45, 7) is 0.760. The van der Waals surface area contributed by atoms with E-state index in [0.29, 0.717) is 18.7 Å². The number of amides is 1. The molecule has 0 radical (unpaired) electrons. The zero-order chi connectivity index (χ0) is 22.7. The number of benzene rings is 2. The number of piperidine rings is 1. The summed E-state index contributed by atoms with van der Waals surface area (Å²) in [5.41, 5.74) is 0.755. The summed E-state index contributed by atoms with van der Waals surface area (Å²) < 4.78 is 5.63. The highest BCUT2D eigenvalue weighted by Gasteiger charge is 2.49. The number of carbonyl (C=O) groups is 1. The van der Waals surface area contributed by atoms with E-state index in [-0.39, 0.29) is 30.1 Å². The highest BCUT2D eigenvalue weighted by molar-refractivity contribution is 5.92. The number of non-ortho nitro benzene ring substituents is 1. The van der Waals surface area contributed by atoms with Crippen molar-refractivity contribution in [3.8, 4) is 5.75 Å². The fraction of sp³-hybridized carbons (Fsp3) is 0.458. The third-order valence-electron chi connectivity index (χ3n) is 6.84. The van der Waals surface area contributed by atoms with Crippen LogP contribution in [-0.4, -0.2) is 46.6 Å². The van der Waals surface area contributed by atoms with E-state index in [1.807, 2.05) is 24.3 Å². The van der Waals surface area contributed by atoms with Gasteiger partial charge >= 0.3 is 0 Å². The Morgan fingerprint density at radius 1 is 1.22 bits per heavy atom. The standard InChI is InChI=1S/C24H29N3O5/c1-32-21-8-3-2-6-19(21)23-20-7-4-5-13-24(20,29)14-15-26(23)16-22(28)25-17-9-11-18(12-10-17)27(30)31/h2-3,6,8-12,20,23,29H,4-5,7,13-16H2,1H3,(H,25,28)/t20-,23+,24+/m0/s1. The van der Waals surface area contributed by atoms with Crippen molar-refractivity contribution in [2.24, 2.45) is 5.92 Å². The monoisotopic (exact) mass is 439 g/mol. The summed E-state index contributed by atoms with van der Waals surface area (Å²) in [4.78, 5) is 25.4. The number of likely N-dealkylation sites (tertiary alicyclic amines) is 1. The minimum atomic E-state index is -0.727. The lowest BCUT2D eigenvalue weighted by atomic mass is 9.66. The number of carbonyl (C=O) groups excluding carboxylic acids is 1. The van der Waals surface area contributed by atoms with Crippen LogP contribution in [0.3, 0.4) is 0 Å². The predicted octanol–water partition coefficient (Wildman–Crippen LogP) is 3.91. The van der Waals surface area contributed by atoms with Crippen LogP contribution in [0.4, 0.5) is 11.4 Å². The summed E-state index contributed by atoms with van der Waals surface area (Å²) in [6.07, 6.45) is 4.40. The third kappa shape index (κ3) is 4.47. The number of rotatable bonds is 6. The van der Waals surface area contributed by atoms with Gasteiger partial charge in [0.05, 0.1) is 24.2 Å². The number of nitrogens with one attached hydrogen (secondary N) is 1. The lowest BCUT2D eigenvalue weighted by Crippen LogP contribution is -2.56. The van der Waals surface area contributed by atoms with Gasteiger partial charge in [0.1, 0.15) is 5.75 Å². The van der Waals surface area contributed by atoms with Crippen molar-refractivity contribution in [2.45, 2.75) is 43.7 Å². The molecule has 8 heteroatoms. The van der Waals surface area contributed by atoms with Crippen LogP contribution in [0.2, 0.25) is 0 Å². The van der Waals surface area contributed by atoms with Gasteiger partial charge in [-0.05, 0) is 37.5 Å². The molecule has 0 unspecified atom stereocenters. The number of hydrogen-bond acceptors (Lipinski definition) is 6. The maximum absolute atomic E-state index is 12.9. The van der Waals surface area contributed by atoms with Crippen molar-refractivity contribution in [2.75, 3.05) is 25.5 Å². The van der Waals surface area contributed by atoms with Crippen LogP contribution in [0.5, 0.6) is 5.75 Å². The Kier molecular flexibility index (Phi) is 6.43. The molecule has 4 rings (SSSR count). The molecular weight excluding hydrogens is 410 g/mol. The van der Waals surface area contributed by atoms with Crippen molar-refractivity contribution >= 4 is 17.3 Å². The smallest absolute Gasteiger partial charge is 0.269 e. The molecule has 1 aliphatic heterocycles. The van der Waals surface area contributed by atoms with Gasteiger partial charge in [0.25, 0.3) is 5.69 Å². The van der Waals surface area contributed by atoms with E-state index in [1.54, 1.807) is 7.11 Å². The molecule has 2 fully saturated rings. The zero-order valence-electron chi connectivity index (χ0n) is 18.2. The Bertz CT molecular complexity index is 980. The molecule has 1 amide bonds. The summed E-state index contributed by atoms with van der Waals surface area (Å²) in [5.74, 6) is 0.585. The van der Waals surface area contributed by atoms with Gasteiger partial charge in [-0.25, -0.2) is 0 Å². The van der Waals surface area contributed by atoms with Crippen LogP contribution in [0.25, 0.3) is 0 Å². The Morgan fingerprint density at radius 2 is 1.97 bits per heavy atom. The fourth-order valence-corrected chi connectivity index (χ4v) is 5.30. The first-order valence-corrected chi connectivity index (χ1v) is 11.0. The molecule has 0 aromatic heterocycles. The van der Waals surface area contributed by atoms with E-state index in [0.717, 1.165) is 37.0 Å². The van der Waals surface area contributed by atoms with Gasteiger partial charge in [0, 0.05) is 41.9 Å². The van der Waals surface area contributed by atoms with Gasteiger partial charge in [-0.3, -0.25) is 19.8 Å². The summed E-state index contributed by atoms with van der Waals surface area (Å²) >= 11 is 0. The van der Waals surface area contributed by atoms with E-state index in [9.17, 15) is 20.0 Å². The molecule has 32 heavy (non-hydrogen) atoms. The highest BCUT2D eigenvalue weighted by Crippen LogP contribution is 2.50. The second kappa shape index (κ2) is 9.26. The van der Waals surface area contributed by atoms with Gasteiger partial charge in [0.2, 0.25) is 5.91 Å². The minimum absolute atomic E-state index is 0.0214. The van der Waals surface area contributed by atoms with Crippen LogP contribution in [0.15, 0.2) is 48.5 Å². The molecule has 1 aliphatic carbocycles. The molecule has 170 valence electrons. The number of para-hydroxylation sites is 1. The van der Waals surface area contributed by atoms with Crippen LogP contribution in [0, 0.1) is 16.0 Å². The second-order valence-corrected chi connectivity index (χ2v) is 8.72. The number of ether oxygens (including phenoxy) is 1. The fourth-order valence-electron chi connectivity index (χ4n) is 5.30. The van der Waals surface area contributed by atoms with Crippen molar-refractivity contribution in [3.05, 3.63) is 64.2 Å². The molecule has 1 saturated heterocycles. The van der Waals surface area contributed by atoms with Crippen LogP contribution in [-0.2, 0) is 4.79 Å². The molecule has 0 bridgehead atoms. The number of nitro groups is 1. The highest BCUT2D eigenvalue weighted by atomic mass is 16.6. The molecule has 2 aromatic rings. The van der Waals surface area contributed by atoms with Gasteiger partial charge in [-0.15, -0.1) is 0 Å². The summed E-state index contributed by atoms with van der Waals surface area (Å²) in [6, 6.07) is 13.5. The third-order valence-corrected chi connectivity index (χ3v) is 6.84. The topological polar surface area (TPSA) is 105 Å². The van der Waals surface area contributed by atoms with Gasteiger partial charge in [-0.2, -0.15) is 0 Å². The van der Waals surface area contributed by atoms with E-state index >= 15 is 0 Å². The quantitative estimate of drug-likeness (QED) is 0.522. The Labute approximate surface area is 187 Å². The van der Waals surface area contributed by atoms with Gasteiger partial charge < -0.3 is 15.2 Å². The number of hydrogen-bond donors (Lipinski definition) is 2. The molecule has 0 spiro atoms. The number of nitrogens with zero attached hydrogens (tertiary/aromatic N) is 2.